The van der Waals surface area contributed by atoms with Gasteiger partial charge in [0, 0.05) is 25.4 Å². The van der Waals surface area contributed by atoms with E-state index in [1.165, 1.54) is 38.6 Å². The Hall–Kier alpha value is -0.120. The molecular weight excluding hydrogens is 214 g/mol. The SMILES string of the molecule is CC1(CNC2CCC3(CC2)OCCO3)CCC1. The minimum absolute atomic E-state index is 0.196. The molecule has 0 aromatic carbocycles. The average Bonchev–Trinajstić information content (AvgIpc) is 2.75. The third-order valence-corrected chi connectivity index (χ3v) is 4.94. The Kier molecular flexibility index (Phi) is 3.18. The van der Waals surface area contributed by atoms with E-state index in [0.29, 0.717) is 11.5 Å². The zero-order valence-electron chi connectivity index (χ0n) is 11.0. The number of hydrogen-bond donors (Lipinski definition) is 1. The van der Waals surface area contributed by atoms with Crippen LogP contribution in [0.5, 0.6) is 0 Å². The zero-order chi connectivity index (χ0) is 11.8. The summed E-state index contributed by atoms with van der Waals surface area (Å²) in [5.74, 6) is -0.196. The lowest BCUT2D eigenvalue weighted by molar-refractivity contribution is -0.179. The molecule has 0 amide bonds. The van der Waals surface area contributed by atoms with Crippen molar-refractivity contribution in [1.82, 2.24) is 5.32 Å². The summed E-state index contributed by atoms with van der Waals surface area (Å²) < 4.78 is 11.5. The zero-order valence-corrected chi connectivity index (χ0v) is 11.0. The van der Waals surface area contributed by atoms with Crippen molar-refractivity contribution in [3.8, 4) is 0 Å². The smallest absolute Gasteiger partial charge is 0.168 e. The fourth-order valence-electron chi connectivity index (χ4n) is 3.40. The summed E-state index contributed by atoms with van der Waals surface area (Å²) in [5, 5.41) is 3.76. The van der Waals surface area contributed by atoms with Crippen LogP contribution in [0.3, 0.4) is 0 Å². The van der Waals surface area contributed by atoms with Gasteiger partial charge in [0.25, 0.3) is 0 Å². The van der Waals surface area contributed by atoms with E-state index in [1.54, 1.807) is 0 Å². The van der Waals surface area contributed by atoms with Gasteiger partial charge >= 0.3 is 0 Å². The Balaban J connectivity index is 1.42. The highest BCUT2D eigenvalue weighted by molar-refractivity contribution is 4.89. The van der Waals surface area contributed by atoms with Gasteiger partial charge in [0.05, 0.1) is 13.2 Å². The Morgan fingerprint density at radius 1 is 1.06 bits per heavy atom. The summed E-state index contributed by atoms with van der Waals surface area (Å²) in [4.78, 5) is 0. The van der Waals surface area contributed by atoms with Crippen molar-refractivity contribution in [3.63, 3.8) is 0 Å². The molecule has 2 saturated carbocycles. The molecule has 1 N–H and O–H groups in total. The van der Waals surface area contributed by atoms with Gasteiger partial charge in [-0.05, 0) is 31.1 Å². The van der Waals surface area contributed by atoms with Gasteiger partial charge in [-0.25, -0.2) is 0 Å². The Morgan fingerprint density at radius 2 is 1.71 bits per heavy atom. The second-order valence-corrected chi connectivity index (χ2v) is 6.43. The quantitative estimate of drug-likeness (QED) is 0.820. The molecule has 3 aliphatic rings. The topological polar surface area (TPSA) is 30.5 Å². The lowest BCUT2D eigenvalue weighted by Crippen LogP contribution is -2.46. The molecule has 1 aliphatic heterocycles. The molecular formula is C14H25NO2. The lowest BCUT2D eigenvalue weighted by Gasteiger charge is -2.41. The van der Waals surface area contributed by atoms with Crippen LogP contribution in [0.25, 0.3) is 0 Å². The third-order valence-electron chi connectivity index (χ3n) is 4.94. The second-order valence-electron chi connectivity index (χ2n) is 6.43. The molecule has 1 heterocycles. The van der Waals surface area contributed by atoms with Crippen LogP contribution < -0.4 is 5.32 Å². The monoisotopic (exact) mass is 239 g/mol. The third kappa shape index (κ3) is 2.51. The van der Waals surface area contributed by atoms with Crippen LogP contribution in [0, 0.1) is 5.41 Å². The Morgan fingerprint density at radius 3 is 2.24 bits per heavy atom. The first kappa shape index (κ1) is 11.9. The molecule has 3 fully saturated rings. The predicted molar refractivity (Wildman–Crippen MR) is 66.9 cm³/mol. The highest BCUT2D eigenvalue weighted by Crippen LogP contribution is 2.40. The molecule has 0 radical (unpaired) electrons. The van der Waals surface area contributed by atoms with Crippen molar-refractivity contribution >= 4 is 0 Å². The van der Waals surface area contributed by atoms with Crippen molar-refractivity contribution in [2.45, 2.75) is 63.7 Å². The summed E-state index contributed by atoms with van der Waals surface area (Å²) in [6, 6.07) is 0.686. The van der Waals surface area contributed by atoms with E-state index in [1.807, 2.05) is 0 Å². The van der Waals surface area contributed by atoms with E-state index < -0.39 is 0 Å². The molecule has 2 aliphatic carbocycles. The van der Waals surface area contributed by atoms with E-state index in [9.17, 15) is 0 Å². The summed E-state index contributed by atoms with van der Waals surface area (Å²) in [5.41, 5.74) is 0.593. The fourth-order valence-corrected chi connectivity index (χ4v) is 3.40. The van der Waals surface area contributed by atoms with Gasteiger partial charge in [0.15, 0.2) is 5.79 Å². The Labute approximate surface area is 104 Å². The van der Waals surface area contributed by atoms with Crippen LogP contribution in [-0.4, -0.2) is 31.6 Å². The van der Waals surface area contributed by atoms with E-state index >= 15 is 0 Å². The molecule has 1 spiro atoms. The summed E-state index contributed by atoms with van der Waals surface area (Å²) in [6.07, 6.45) is 8.79. The van der Waals surface area contributed by atoms with Crippen molar-refractivity contribution in [3.05, 3.63) is 0 Å². The summed E-state index contributed by atoms with van der Waals surface area (Å²) in [7, 11) is 0. The van der Waals surface area contributed by atoms with Gasteiger partial charge in [0.1, 0.15) is 0 Å². The van der Waals surface area contributed by atoms with Crippen molar-refractivity contribution in [2.24, 2.45) is 5.41 Å². The van der Waals surface area contributed by atoms with Gasteiger partial charge < -0.3 is 14.8 Å². The van der Waals surface area contributed by atoms with Crippen LogP contribution in [0.1, 0.15) is 51.9 Å². The molecule has 3 rings (SSSR count). The van der Waals surface area contributed by atoms with Gasteiger partial charge in [-0.3, -0.25) is 0 Å². The largest absolute Gasteiger partial charge is 0.348 e. The van der Waals surface area contributed by atoms with Gasteiger partial charge in [0.2, 0.25) is 0 Å². The molecule has 0 aromatic heterocycles. The van der Waals surface area contributed by atoms with Crippen LogP contribution >= 0.6 is 0 Å². The molecule has 1 saturated heterocycles. The second kappa shape index (κ2) is 4.52. The van der Waals surface area contributed by atoms with Crippen molar-refractivity contribution < 1.29 is 9.47 Å². The van der Waals surface area contributed by atoms with Crippen molar-refractivity contribution in [1.29, 1.82) is 0 Å². The van der Waals surface area contributed by atoms with E-state index in [2.05, 4.69) is 12.2 Å². The number of ether oxygens (including phenoxy) is 2. The first-order valence-corrected chi connectivity index (χ1v) is 7.21. The van der Waals surface area contributed by atoms with Crippen LogP contribution in [0.4, 0.5) is 0 Å². The molecule has 0 unspecified atom stereocenters. The van der Waals surface area contributed by atoms with Crippen molar-refractivity contribution in [2.75, 3.05) is 19.8 Å². The maximum atomic E-state index is 5.76. The summed E-state index contributed by atoms with van der Waals surface area (Å²) >= 11 is 0. The first-order valence-electron chi connectivity index (χ1n) is 7.21. The minimum Gasteiger partial charge on any atom is -0.348 e. The molecule has 17 heavy (non-hydrogen) atoms. The predicted octanol–water partition coefficient (Wildman–Crippen LogP) is 2.45. The van der Waals surface area contributed by atoms with Crippen LogP contribution in [0.15, 0.2) is 0 Å². The molecule has 3 nitrogen and oxygen atoms in total. The maximum Gasteiger partial charge on any atom is 0.168 e. The number of hydrogen-bond acceptors (Lipinski definition) is 3. The van der Waals surface area contributed by atoms with Crippen LogP contribution in [-0.2, 0) is 9.47 Å². The molecule has 0 bridgehead atoms. The van der Waals surface area contributed by atoms with E-state index in [-0.39, 0.29) is 5.79 Å². The van der Waals surface area contributed by atoms with Gasteiger partial charge in [-0.2, -0.15) is 0 Å². The first-order chi connectivity index (χ1) is 8.20. The fraction of sp³-hybridized carbons (Fsp3) is 1.00. The average molecular weight is 239 g/mol. The van der Waals surface area contributed by atoms with Crippen LogP contribution in [0.2, 0.25) is 0 Å². The highest BCUT2D eigenvalue weighted by Gasteiger charge is 2.40. The number of rotatable bonds is 3. The minimum atomic E-state index is -0.196. The lowest BCUT2D eigenvalue weighted by atomic mass is 9.70. The Bertz CT molecular complexity index is 259. The molecule has 0 atom stereocenters. The molecule has 3 heteroatoms. The number of nitrogens with one attached hydrogen (secondary N) is 1. The highest BCUT2D eigenvalue weighted by atomic mass is 16.7. The normalized spacial score (nSPS) is 31.6. The van der Waals surface area contributed by atoms with E-state index in [4.69, 9.17) is 9.47 Å². The van der Waals surface area contributed by atoms with Gasteiger partial charge in [-0.1, -0.05) is 13.3 Å². The van der Waals surface area contributed by atoms with E-state index in [0.717, 1.165) is 26.1 Å². The molecule has 98 valence electrons. The molecule has 0 aromatic rings. The summed E-state index contributed by atoms with van der Waals surface area (Å²) in [6.45, 7) is 5.19. The standard InChI is InChI=1S/C14H25NO2/c1-13(5-2-6-13)11-15-12-3-7-14(8-4-12)16-9-10-17-14/h12,15H,2-11H2,1H3. The van der Waals surface area contributed by atoms with Gasteiger partial charge in [-0.15, -0.1) is 0 Å². The maximum absolute atomic E-state index is 5.76.